The van der Waals surface area contributed by atoms with Gasteiger partial charge < -0.3 is 10.1 Å². The van der Waals surface area contributed by atoms with Crippen molar-refractivity contribution in [2.45, 2.75) is 26.5 Å². The zero-order chi connectivity index (χ0) is 22.2. The summed E-state index contributed by atoms with van der Waals surface area (Å²) in [6.45, 7) is 4.13. The van der Waals surface area contributed by atoms with E-state index in [1.54, 1.807) is 19.2 Å². The molecule has 5 nitrogen and oxygen atoms in total. The second-order valence-corrected chi connectivity index (χ2v) is 8.37. The number of para-hydroxylation sites is 1. The fraction of sp³-hybridized carbons (Fsp3) is 0.167. The molecule has 3 aromatic carbocycles. The van der Waals surface area contributed by atoms with Gasteiger partial charge >= 0.3 is 0 Å². The van der Waals surface area contributed by atoms with Crippen molar-refractivity contribution in [3.05, 3.63) is 92.9 Å². The molecule has 3 rings (SSSR count). The molecule has 0 unspecified atom stereocenters. The average Bonchev–Trinajstić information content (AvgIpc) is 2.75. The van der Waals surface area contributed by atoms with Crippen molar-refractivity contribution in [2.75, 3.05) is 5.32 Å². The zero-order valence-corrected chi connectivity index (χ0v) is 19.6. The predicted molar refractivity (Wildman–Crippen MR) is 130 cm³/mol. The SMILES string of the molecule is Cc1cc(Cl)ccc1N[C@@H](C)C(=O)N/N=C\c1ccccc1OCc1cccc(Br)c1. The number of hydrazone groups is 1. The van der Waals surface area contributed by atoms with Gasteiger partial charge in [-0.15, -0.1) is 0 Å². The lowest BCUT2D eigenvalue weighted by atomic mass is 10.2. The monoisotopic (exact) mass is 499 g/mol. The Kier molecular flexibility index (Phi) is 8.09. The molecule has 0 aliphatic heterocycles. The van der Waals surface area contributed by atoms with Gasteiger partial charge in [0.05, 0.1) is 6.21 Å². The second kappa shape index (κ2) is 11.0. The van der Waals surface area contributed by atoms with Crippen LogP contribution in [0.4, 0.5) is 5.69 Å². The molecule has 160 valence electrons. The van der Waals surface area contributed by atoms with Crippen LogP contribution in [0.1, 0.15) is 23.6 Å². The number of ether oxygens (including phenoxy) is 1. The van der Waals surface area contributed by atoms with Gasteiger partial charge in [0.15, 0.2) is 0 Å². The molecular weight excluding hydrogens is 478 g/mol. The minimum atomic E-state index is -0.472. The second-order valence-electron chi connectivity index (χ2n) is 7.02. The molecule has 0 aliphatic carbocycles. The van der Waals surface area contributed by atoms with Crippen LogP contribution < -0.4 is 15.5 Å². The van der Waals surface area contributed by atoms with E-state index >= 15 is 0 Å². The Labute approximate surface area is 195 Å². The number of carbonyl (C=O) groups is 1. The van der Waals surface area contributed by atoms with E-state index in [-0.39, 0.29) is 5.91 Å². The maximum Gasteiger partial charge on any atom is 0.262 e. The smallest absolute Gasteiger partial charge is 0.262 e. The molecule has 0 aromatic heterocycles. The van der Waals surface area contributed by atoms with Crippen LogP contribution in [0.2, 0.25) is 5.02 Å². The molecule has 0 fully saturated rings. The van der Waals surface area contributed by atoms with Gasteiger partial charge in [-0.1, -0.05) is 51.8 Å². The van der Waals surface area contributed by atoms with Gasteiger partial charge in [-0.3, -0.25) is 4.79 Å². The van der Waals surface area contributed by atoms with Gasteiger partial charge in [0, 0.05) is 20.7 Å². The molecule has 0 aliphatic rings. The number of hydrogen-bond donors (Lipinski definition) is 2. The number of aryl methyl sites for hydroxylation is 1. The first kappa shape index (κ1) is 22.8. The van der Waals surface area contributed by atoms with Gasteiger partial charge in [0.1, 0.15) is 18.4 Å². The number of benzene rings is 3. The first-order valence-electron chi connectivity index (χ1n) is 9.74. The molecular formula is C24H23BrClN3O2. The lowest BCUT2D eigenvalue weighted by Crippen LogP contribution is -2.35. The van der Waals surface area contributed by atoms with Crippen LogP contribution in [-0.4, -0.2) is 18.2 Å². The summed E-state index contributed by atoms with van der Waals surface area (Å²) in [7, 11) is 0. The molecule has 0 heterocycles. The van der Waals surface area contributed by atoms with Crippen molar-refractivity contribution in [1.29, 1.82) is 0 Å². The highest BCUT2D eigenvalue weighted by Gasteiger charge is 2.13. The average molecular weight is 501 g/mol. The predicted octanol–water partition coefficient (Wildman–Crippen LogP) is 5.94. The Balaban J connectivity index is 1.58. The maximum atomic E-state index is 12.4. The van der Waals surface area contributed by atoms with Crippen molar-refractivity contribution >= 4 is 45.3 Å². The van der Waals surface area contributed by atoms with E-state index in [4.69, 9.17) is 16.3 Å². The van der Waals surface area contributed by atoms with Crippen molar-refractivity contribution in [1.82, 2.24) is 5.43 Å². The minimum Gasteiger partial charge on any atom is -0.488 e. The Bertz CT molecular complexity index is 1090. The van der Waals surface area contributed by atoms with Gasteiger partial charge in [-0.25, -0.2) is 5.43 Å². The van der Waals surface area contributed by atoms with E-state index in [9.17, 15) is 4.79 Å². The van der Waals surface area contributed by atoms with Crippen LogP contribution in [0.25, 0.3) is 0 Å². The number of nitrogens with zero attached hydrogens (tertiary/aromatic N) is 1. The molecule has 0 saturated heterocycles. The Morgan fingerprint density at radius 1 is 1.16 bits per heavy atom. The van der Waals surface area contributed by atoms with Crippen molar-refractivity contribution < 1.29 is 9.53 Å². The van der Waals surface area contributed by atoms with Crippen molar-refractivity contribution in [3.63, 3.8) is 0 Å². The van der Waals surface area contributed by atoms with Crippen LogP contribution in [0.3, 0.4) is 0 Å². The van der Waals surface area contributed by atoms with Gasteiger partial charge in [-0.05, 0) is 67.4 Å². The molecule has 0 bridgehead atoms. The van der Waals surface area contributed by atoms with E-state index in [0.29, 0.717) is 17.4 Å². The van der Waals surface area contributed by atoms with Crippen LogP contribution >= 0.6 is 27.5 Å². The topological polar surface area (TPSA) is 62.7 Å². The highest BCUT2D eigenvalue weighted by Crippen LogP contribution is 2.21. The summed E-state index contributed by atoms with van der Waals surface area (Å²) in [4.78, 5) is 12.4. The highest BCUT2D eigenvalue weighted by atomic mass is 79.9. The number of nitrogens with one attached hydrogen (secondary N) is 2. The van der Waals surface area contributed by atoms with E-state index in [1.807, 2.05) is 67.6 Å². The molecule has 3 aromatic rings. The first-order valence-corrected chi connectivity index (χ1v) is 10.9. The quantitative estimate of drug-likeness (QED) is 0.297. The third-order valence-electron chi connectivity index (χ3n) is 4.53. The van der Waals surface area contributed by atoms with Crippen LogP contribution in [0.15, 0.2) is 76.3 Å². The third-order valence-corrected chi connectivity index (χ3v) is 5.26. The van der Waals surface area contributed by atoms with Crippen LogP contribution in [0, 0.1) is 6.92 Å². The van der Waals surface area contributed by atoms with E-state index in [0.717, 1.165) is 26.9 Å². The Morgan fingerprint density at radius 2 is 1.97 bits per heavy atom. The molecule has 0 spiro atoms. The maximum absolute atomic E-state index is 12.4. The molecule has 31 heavy (non-hydrogen) atoms. The van der Waals surface area contributed by atoms with Crippen LogP contribution in [0.5, 0.6) is 5.75 Å². The number of anilines is 1. The molecule has 1 atom stereocenters. The van der Waals surface area contributed by atoms with Crippen LogP contribution in [-0.2, 0) is 11.4 Å². The van der Waals surface area contributed by atoms with E-state index < -0.39 is 6.04 Å². The van der Waals surface area contributed by atoms with Crippen molar-refractivity contribution in [2.24, 2.45) is 5.10 Å². The molecule has 2 N–H and O–H groups in total. The van der Waals surface area contributed by atoms with E-state index in [1.165, 1.54) is 0 Å². The fourth-order valence-electron chi connectivity index (χ4n) is 2.86. The Morgan fingerprint density at radius 3 is 2.74 bits per heavy atom. The number of halogens is 2. The first-order chi connectivity index (χ1) is 14.9. The minimum absolute atomic E-state index is 0.252. The lowest BCUT2D eigenvalue weighted by Gasteiger charge is -2.15. The summed E-state index contributed by atoms with van der Waals surface area (Å²) < 4.78 is 6.94. The zero-order valence-electron chi connectivity index (χ0n) is 17.2. The normalized spacial score (nSPS) is 11.9. The fourth-order valence-corrected chi connectivity index (χ4v) is 3.53. The summed E-state index contributed by atoms with van der Waals surface area (Å²) in [5.74, 6) is 0.432. The van der Waals surface area contributed by atoms with Crippen molar-refractivity contribution in [3.8, 4) is 5.75 Å². The molecule has 1 amide bonds. The van der Waals surface area contributed by atoms with Gasteiger partial charge in [-0.2, -0.15) is 5.10 Å². The van der Waals surface area contributed by atoms with E-state index in [2.05, 4.69) is 31.8 Å². The summed E-state index contributed by atoms with van der Waals surface area (Å²) in [6, 6.07) is 20.5. The standard InChI is InChI=1S/C24H23BrClN3O2/c1-16-12-21(26)10-11-22(16)28-17(2)24(30)29-27-14-19-7-3-4-9-23(19)31-15-18-6-5-8-20(25)13-18/h3-14,17,28H,15H2,1-2H3,(H,29,30)/b27-14-/t17-/m0/s1. The van der Waals surface area contributed by atoms with Gasteiger partial charge in [0.25, 0.3) is 5.91 Å². The number of carbonyl (C=O) groups excluding carboxylic acids is 1. The van der Waals surface area contributed by atoms with Gasteiger partial charge in [0.2, 0.25) is 0 Å². The summed E-state index contributed by atoms with van der Waals surface area (Å²) >= 11 is 9.44. The Hall–Kier alpha value is -2.83. The number of amides is 1. The number of hydrogen-bond acceptors (Lipinski definition) is 4. The summed E-state index contributed by atoms with van der Waals surface area (Å²) in [5, 5.41) is 7.92. The summed E-state index contributed by atoms with van der Waals surface area (Å²) in [6.07, 6.45) is 1.58. The summed E-state index contributed by atoms with van der Waals surface area (Å²) in [5.41, 5.74) is 6.20. The lowest BCUT2D eigenvalue weighted by molar-refractivity contribution is -0.121. The molecule has 0 saturated carbocycles. The molecule has 7 heteroatoms. The number of rotatable bonds is 8. The largest absolute Gasteiger partial charge is 0.488 e. The third kappa shape index (κ3) is 6.84. The molecule has 0 radical (unpaired) electrons. The highest BCUT2D eigenvalue weighted by molar-refractivity contribution is 9.10.